The highest BCUT2D eigenvalue weighted by molar-refractivity contribution is 5.59. The Morgan fingerprint density at radius 2 is 2.00 bits per heavy atom. The van der Waals surface area contributed by atoms with Crippen LogP contribution < -0.4 is 5.73 Å². The quantitative estimate of drug-likeness (QED) is 0.667. The second-order valence-electron chi connectivity index (χ2n) is 2.41. The molecule has 0 fully saturated rings. The lowest BCUT2D eigenvalue weighted by Crippen LogP contribution is -1.95. The summed E-state index contributed by atoms with van der Waals surface area (Å²) >= 11 is 0. The van der Waals surface area contributed by atoms with E-state index >= 15 is 0 Å². The van der Waals surface area contributed by atoms with E-state index < -0.39 is 0 Å². The summed E-state index contributed by atoms with van der Waals surface area (Å²) in [5, 5.41) is 0. The molecule has 0 saturated heterocycles. The Labute approximate surface area is 77.4 Å². The van der Waals surface area contributed by atoms with Gasteiger partial charge in [-0.25, -0.2) is 9.97 Å². The van der Waals surface area contributed by atoms with Crippen molar-refractivity contribution in [2.45, 2.75) is 20.8 Å². The largest absolute Gasteiger partial charge is 0.381 e. The lowest BCUT2D eigenvalue weighted by Gasteiger charge is -1.96. The van der Waals surface area contributed by atoms with Crippen LogP contribution in [0.4, 0.5) is 5.82 Å². The highest BCUT2D eigenvalue weighted by Crippen LogP contribution is 2.08. The zero-order valence-electron chi connectivity index (χ0n) is 8.15. The van der Waals surface area contributed by atoms with Gasteiger partial charge in [-0.15, -0.1) is 0 Å². The molecule has 0 aliphatic carbocycles. The minimum atomic E-state index is 0.473. The second-order valence-corrected chi connectivity index (χ2v) is 2.41. The van der Waals surface area contributed by atoms with E-state index in [1.807, 2.05) is 31.4 Å². The van der Waals surface area contributed by atoms with E-state index in [1.54, 1.807) is 12.4 Å². The number of nitrogens with zero attached hydrogens (tertiary/aromatic N) is 3. The third-order valence-corrected chi connectivity index (χ3v) is 1.64. The maximum absolute atomic E-state index is 5.58. The fraction of sp³-hybridized carbons (Fsp3) is 0.333. The number of imidazole rings is 1. The van der Waals surface area contributed by atoms with Gasteiger partial charge in [0.1, 0.15) is 0 Å². The third kappa shape index (κ3) is 1.61. The van der Waals surface area contributed by atoms with Crippen LogP contribution in [-0.2, 0) is 0 Å². The summed E-state index contributed by atoms with van der Waals surface area (Å²) in [6.45, 7) is 5.97. The Morgan fingerprint density at radius 3 is 2.62 bits per heavy atom. The lowest BCUT2D eigenvalue weighted by molar-refractivity contribution is 1.08. The number of nitrogen functional groups attached to an aromatic ring is 1. The van der Waals surface area contributed by atoms with Crippen molar-refractivity contribution in [1.82, 2.24) is 14.4 Å². The van der Waals surface area contributed by atoms with Crippen molar-refractivity contribution in [2.75, 3.05) is 5.73 Å². The van der Waals surface area contributed by atoms with Gasteiger partial charge in [0.15, 0.2) is 11.5 Å². The Morgan fingerprint density at radius 1 is 1.31 bits per heavy atom. The van der Waals surface area contributed by atoms with Gasteiger partial charge >= 0.3 is 0 Å². The van der Waals surface area contributed by atoms with Gasteiger partial charge in [0.2, 0.25) is 0 Å². The normalized spacial score (nSPS) is 9.46. The Hall–Kier alpha value is -1.58. The molecule has 4 nitrogen and oxygen atoms in total. The summed E-state index contributed by atoms with van der Waals surface area (Å²) in [7, 11) is 0. The van der Waals surface area contributed by atoms with E-state index in [4.69, 9.17) is 5.73 Å². The number of hydrogen-bond donors (Lipinski definition) is 1. The average Bonchev–Trinajstić information content (AvgIpc) is 2.53. The summed E-state index contributed by atoms with van der Waals surface area (Å²) < 4.78 is 1.91. The van der Waals surface area contributed by atoms with Crippen molar-refractivity contribution < 1.29 is 0 Å². The molecule has 0 amide bonds. The summed E-state index contributed by atoms with van der Waals surface area (Å²) in [5.74, 6) is 0.473. The van der Waals surface area contributed by atoms with Crippen LogP contribution in [-0.4, -0.2) is 14.4 Å². The molecule has 0 saturated carbocycles. The first kappa shape index (κ1) is 9.51. The fourth-order valence-corrected chi connectivity index (χ4v) is 1.06. The molecular formula is C9H14N4. The highest BCUT2D eigenvalue weighted by atomic mass is 15.1. The molecule has 2 aromatic heterocycles. The van der Waals surface area contributed by atoms with E-state index in [0.717, 1.165) is 11.3 Å². The van der Waals surface area contributed by atoms with E-state index in [1.165, 1.54) is 0 Å². The topological polar surface area (TPSA) is 56.2 Å². The summed E-state index contributed by atoms with van der Waals surface area (Å²) in [4.78, 5) is 8.01. The molecule has 2 N–H and O–H groups in total. The minimum absolute atomic E-state index is 0.473. The highest BCUT2D eigenvalue weighted by Gasteiger charge is 2.00. The summed E-state index contributed by atoms with van der Waals surface area (Å²) in [6, 6.07) is 0. The third-order valence-electron chi connectivity index (χ3n) is 1.64. The first-order chi connectivity index (χ1) is 6.29. The second kappa shape index (κ2) is 3.89. The first-order valence-corrected chi connectivity index (χ1v) is 4.33. The molecule has 0 atom stereocenters. The van der Waals surface area contributed by atoms with E-state index in [-0.39, 0.29) is 0 Å². The first-order valence-electron chi connectivity index (χ1n) is 4.33. The maximum atomic E-state index is 5.58. The molecular weight excluding hydrogens is 164 g/mol. The molecule has 0 bridgehead atoms. The van der Waals surface area contributed by atoms with Crippen LogP contribution in [0, 0.1) is 6.92 Å². The Kier molecular flexibility index (Phi) is 2.84. The van der Waals surface area contributed by atoms with Gasteiger partial charge in [0, 0.05) is 24.3 Å². The van der Waals surface area contributed by atoms with E-state index in [0.29, 0.717) is 5.82 Å². The number of aryl methyl sites for hydroxylation is 1. The molecule has 2 aromatic rings. The molecule has 0 aliphatic rings. The van der Waals surface area contributed by atoms with Crippen molar-refractivity contribution in [3.63, 3.8) is 0 Å². The van der Waals surface area contributed by atoms with E-state index in [9.17, 15) is 0 Å². The fourth-order valence-electron chi connectivity index (χ4n) is 1.06. The minimum Gasteiger partial charge on any atom is -0.381 e. The molecule has 2 rings (SSSR count). The monoisotopic (exact) mass is 178 g/mol. The smallest absolute Gasteiger partial charge is 0.180 e. The van der Waals surface area contributed by atoms with Crippen LogP contribution in [0.3, 0.4) is 0 Å². The molecule has 0 aromatic carbocycles. The predicted molar refractivity (Wildman–Crippen MR) is 53.5 cm³/mol. The summed E-state index contributed by atoms with van der Waals surface area (Å²) in [6.07, 6.45) is 5.28. The van der Waals surface area contributed by atoms with Crippen LogP contribution in [0.15, 0.2) is 18.6 Å². The van der Waals surface area contributed by atoms with Gasteiger partial charge in [-0.2, -0.15) is 0 Å². The van der Waals surface area contributed by atoms with Crippen molar-refractivity contribution in [3.8, 4) is 0 Å². The SMILES string of the molecule is CC.Cc1cnc2c(N)nccn12. The summed E-state index contributed by atoms with van der Waals surface area (Å²) in [5.41, 5.74) is 7.37. The Bertz CT molecular complexity index is 391. The van der Waals surface area contributed by atoms with Crippen molar-refractivity contribution >= 4 is 11.5 Å². The molecule has 2 heterocycles. The zero-order chi connectivity index (χ0) is 9.84. The van der Waals surface area contributed by atoms with Gasteiger partial charge in [0.05, 0.1) is 0 Å². The van der Waals surface area contributed by atoms with Gasteiger partial charge < -0.3 is 5.73 Å². The Balaban J connectivity index is 0.000000396. The predicted octanol–water partition coefficient (Wildman–Crippen LogP) is 1.65. The van der Waals surface area contributed by atoms with Gasteiger partial charge in [0.25, 0.3) is 0 Å². The standard InChI is InChI=1S/C7H8N4.C2H6/c1-5-4-10-7-6(8)9-2-3-11(5)7;1-2/h2-4H,1H3,(H2,8,9);1-2H3. The number of nitrogens with two attached hydrogens (primary N) is 1. The van der Waals surface area contributed by atoms with Crippen LogP contribution in [0.1, 0.15) is 19.5 Å². The van der Waals surface area contributed by atoms with Gasteiger partial charge in [-0.05, 0) is 6.92 Å². The average molecular weight is 178 g/mol. The van der Waals surface area contributed by atoms with Crippen molar-refractivity contribution in [3.05, 3.63) is 24.3 Å². The van der Waals surface area contributed by atoms with Gasteiger partial charge in [-0.3, -0.25) is 4.40 Å². The molecule has 0 spiro atoms. The van der Waals surface area contributed by atoms with E-state index in [2.05, 4.69) is 9.97 Å². The number of rotatable bonds is 0. The molecule has 0 aliphatic heterocycles. The molecule has 4 heteroatoms. The van der Waals surface area contributed by atoms with Crippen molar-refractivity contribution in [2.24, 2.45) is 0 Å². The lowest BCUT2D eigenvalue weighted by atomic mass is 10.5. The molecule has 0 unspecified atom stereocenters. The van der Waals surface area contributed by atoms with Crippen LogP contribution in [0.25, 0.3) is 5.65 Å². The number of hydrogen-bond acceptors (Lipinski definition) is 3. The van der Waals surface area contributed by atoms with Crippen molar-refractivity contribution in [1.29, 1.82) is 0 Å². The number of fused-ring (bicyclic) bond motifs is 1. The van der Waals surface area contributed by atoms with Crippen LogP contribution in [0.5, 0.6) is 0 Å². The zero-order valence-corrected chi connectivity index (χ0v) is 8.15. The number of aromatic nitrogens is 3. The molecule has 13 heavy (non-hydrogen) atoms. The van der Waals surface area contributed by atoms with Crippen LogP contribution >= 0.6 is 0 Å². The number of anilines is 1. The molecule has 70 valence electrons. The molecule has 0 radical (unpaired) electrons. The van der Waals surface area contributed by atoms with Crippen LogP contribution in [0.2, 0.25) is 0 Å². The van der Waals surface area contributed by atoms with Gasteiger partial charge in [-0.1, -0.05) is 13.8 Å². The maximum Gasteiger partial charge on any atom is 0.180 e.